The lowest BCUT2D eigenvalue weighted by molar-refractivity contribution is -0.115. The number of rotatable bonds is 8. The van der Waals surface area contributed by atoms with E-state index < -0.39 is 0 Å². The van der Waals surface area contributed by atoms with Crippen LogP contribution in [0.4, 0.5) is 5.13 Å². The Balaban J connectivity index is 1.26. The standard InChI is InChI=1S/C26H21N5O2S2/c1-33-19-12-13-20-21(16-19)35-25(27-20)28-22(32)14-15-34-26-29-23(17-8-4-2-5-9-17)24(30-31-26)18-10-6-3-7-11-18/h2-13,16H,14-15H2,1H3,(H,27,28,32). The molecule has 5 aromatic rings. The average molecular weight is 500 g/mol. The average Bonchev–Trinajstić information content (AvgIpc) is 3.31. The lowest BCUT2D eigenvalue weighted by atomic mass is 10.0. The molecule has 0 aliphatic rings. The molecule has 0 saturated carbocycles. The Hall–Kier alpha value is -3.82. The lowest BCUT2D eigenvalue weighted by Crippen LogP contribution is -2.12. The van der Waals surface area contributed by atoms with Gasteiger partial charge in [0.05, 0.1) is 17.3 Å². The first kappa shape index (κ1) is 22.9. The molecule has 0 unspecified atom stereocenters. The molecule has 0 fully saturated rings. The van der Waals surface area contributed by atoms with E-state index >= 15 is 0 Å². The minimum atomic E-state index is -0.110. The summed E-state index contributed by atoms with van der Waals surface area (Å²) in [6, 6.07) is 25.5. The molecule has 3 aromatic carbocycles. The Morgan fingerprint density at radius 2 is 1.63 bits per heavy atom. The van der Waals surface area contributed by atoms with Gasteiger partial charge in [-0.05, 0) is 18.2 Å². The van der Waals surface area contributed by atoms with Crippen LogP contribution in [0, 0.1) is 0 Å². The van der Waals surface area contributed by atoms with Gasteiger partial charge < -0.3 is 10.1 Å². The summed E-state index contributed by atoms with van der Waals surface area (Å²) in [5.41, 5.74) is 4.24. The molecule has 0 bridgehead atoms. The summed E-state index contributed by atoms with van der Waals surface area (Å²) in [6.45, 7) is 0. The number of thioether (sulfide) groups is 1. The number of aromatic nitrogens is 4. The van der Waals surface area contributed by atoms with Crippen molar-refractivity contribution in [3.05, 3.63) is 78.9 Å². The van der Waals surface area contributed by atoms with Crippen molar-refractivity contribution in [2.45, 2.75) is 11.6 Å². The number of ether oxygens (including phenoxy) is 1. The Labute approximate surface area is 210 Å². The highest BCUT2D eigenvalue weighted by Crippen LogP contribution is 2.31. The Morgan fingerprint density at radius 3 is 2.34 bits per heavy atom. The number of benzene rings is 3. The van der Waals surface area contributed by atoms with Gasteiger partial charge in [-0.1, -0.05) is 83.8 Å². The highest BCUT2D eigenvalue weighted by atomic mass is 32.2. The van der Waals surface area contributed by atoms with Crippen molar-refractivity contribution in [1.29, 1.82) is 0 Å². The van der Waals surface area contributed by atoms with Gasteiger partial charge in [-0.3, -0.25) is 4.79 Å². The van der Waals surface area contributed by atoms with E-state index in [9.17, 15) is 4.79 Å². The van der Waals surface area contributed by atoms with Gasteiger partial charge >= 0.3 is 0 Å². The number of hydrogen-bond acceptors (Lipinski definition) is 8. The van der Waals surface area contributed by atoms with Crippen LogP contribution in [0.15, 0.2) is 84.0 Å². The van der Waals surface area contributed by atoms with Crippen molar-refractivity contribution < 1.29 is 9.53 Å². The number of carbonyl (C=O) groups is 1. The number of nitrogens with one attached hydrogen (secondary N) is 1. The minimum Gasteiger partial charge on any atom is -0.497 e. The third-order valence-corrected chi connectivity index (χ3v) is 6.94. The van der Waals surface area contributed by atoms with E-state index in [0.717, 1.165) is 38.5 Å². The first-order valence-electron chi connectivity index (χ1n) is 10.9. The number of thiazole rings is 1. The van der Waals surface area contributed by atoms with Crippen LogP contribution < -0.4 is 10.1 Å². The zero-order chi connectivity index (χ0) is 24.0. The van der Waals surface area contributed by atoms with Crippen LogP contribution in [0.3, 0.4) is 0 Å². The highest BCUT2D eigenvalue weighted by Gasteiger charge is 2.14. The smallest absolute Gasteiger partial charge is 0.226 e. The molecule has 2 aromatic heterocycles. The van der Waals surface area contributed by atoms with Crippen molar-refractivity contribution in [2.75, 3.05) is 18.2 Å². The normalized spacial score (nSPS) is 10.9. The molecular weight excluding hydrogens is 478 g/mol. The van der Waals surface area contributed by atoms with Crippen molar-refractivity contribution in [3.8, 4) is 28.3 Å². The Bertz CT molecular complexity index is 1460. The molecule has 2 heterocycles. The van der Waals surface area contributed by atoms with E-state index in [2.05, 4.69) is 20.5 Å². The summed E-state index contributed by atoms with van der Waals surface area (Å²) < 4.78 is 6.21. The number of methoxy groups -OCH3 is 1. The summed E-state index contributed by atoms with van der Waals surface area (Å²) in [5, 5.41) is 12.8. The lowest BCUT2D eigenvalue weighted by Gasteiger charge is -2.09. The summed E-state index contributed by atoms with van der Waals surface area (Å²) in [6.07, 6.45) is 0.300. The number of fused-ring (bicyclic) bond motifs is 1. The first-order valence-corrected chi connectivity index (χ1v) is 12.7. The van der Waals surface area contributed by atoms with Crippen molar-refractivity contribution in [2.24, 2.45) is 0 Å². The maximum atomic E-state index is 12.5. The van der Waals surface area contributed by atoms with Gasteiger partial charge in [0.1, 0.15) is 17.1 Å². The van der Waals surface area contributed by atoms with Gasteiger partial charge in [0, 0.05) is 23.3 Å². The minimum absolute atomic E-state index is 0.110. The zero-order valence-corrected chi connectivity index (χ0v) is 20.5. The molecule has 7 nitrogen and oxygen atoms in total. The molecular formula is C26H21N5O2S2. The summed E-state index contributed by atoms with van der Waals surface area (Å²) in [5.74, 6) is 1.17. The fourth-order valence-corrected chi connectivity index (χ4v) is 5.10. The van der Waals surface area contributed by atoms with Crippen LogP contribution in [0.25, 0.3) is 32.7 Å². The first-order chi connectivity index (χ1) is 17.2. The molecule has 0 radical (unpaired) electrons. The maximum absolute atomic E-state index is 12.5. The number of nitrogens with zero attached hydrogens (tertiary/aromatic N) is 4. The van der Waals surface area contributed by atoms with Crippen LogP contribution in [0.2, 0.25) is 0 Å². The van der Waals surface area contributed by atoms with Crippen molar-refractivity contribution in [3.63, 3.8) is 0 Å². The second-order valence-electron chi connectivity index (χ2n) is 7.52. The largest absolute Gasteiger partial charge is 0.497 e. The third-order valence-electron chi connectivity index (χ3n) is 5.16. The molecule has 0 atom stereocenters. The van der Waals surface area contributed by atoms with E-state index in [4.69, 9.17) is 9.72 Å². The quantitative estimate of drug-likeness (QED) is 0.264. The van der Waals surface area contributed by atoms with E-state index in [-0.39, 0.29) is 5.91 Å². The van der Waals surface area contributed by atoms with Gasteiger partial charge in [-0.2, -0.15) is 0 Å². The van der Waals surface area contributed by atoms with E-state index in [1.54, 1.807) is 7.11 Å². The second kappa shape index (κ2) is 10.6. The molecule has 0 aliphatic carbocycles. The molecule has 1 N–H and O–H groups in total. The predicted molar refractivity (Wildman–Crippen MR) is 141 cm³/mol. The molecule has 9 heteroatoms. The third kappa shape index (κ3) is 5.47. The number of hydrogen-bond donors (Lipinski definition) is 1. The SMILES string of the molecule is COc1ccc2nc(NC(=O)CCSc3nnc(-c4ccccc4)c(-c4ccccc4)n3)sc2c1. The van der Waals surface area contributed by atoms with Crippen LogP contribution in [-0.2, 0) is 4.79 Å². The number of amides is 1. The highest BCUT2D eigenvalue weighted by molar-refractivity contribution is 7.99. The number of anilines is 1. The monoisotopic (exact) mass is 499 g/mol. The van der Waals surface area contributed by atoms with Crippen LogP contribution in [0.5, 0.6) is 5.75 Å². The predicted octanol–water partition coefficient (Wildman–Crippen LogP) is 5.94. The van der Waals surface area contributed by atoms with Gasteiger partial charge in [0.15, 0.2) is 5.13 Å². The van der Waals surface area contributed by atoms with E-state index in [0.29, 0.717) is 22.5 Å². The number of carbonyl (C=O) groups excluding carboxylic acids is 1. The molecule has 174 valence electrons. The van der Waals surface area contributed by atoms with Crippen LogP contribution >= 0.6 is 23.1 Å². The molecule has 5 rings (SSSR count). The van der Waals surface area contributed by atoms with Crippen LogP contribution in [0.1, 0.15) is 6.42 Å². The van der Waals surface area contributed by atoms with E-state index in [1.807, 2.05) is 78.9 Å². The second-order valence-corrected chi connectivity index (χ2v) is 9.62. The summed E-state index contributed by atoms with van der Waals surface area (Å²) >= 11 is 2.82. The molecule has 35 heavy (non-hydrogen) atoms. The van der Waals surface area contributed by atoms with Gasteiger partial charge in [-0.25, -0.2) is 9.97 Å². The molecule has 1 amide bonds. The summed E-state index contributed by atoms with van der Waals surface area (Å²) in [4.78, 5) is 21.7. The summed E-state index contributed by atoms with van der Waals surface area (Å²) in [7, 11) is 1.62. The van der Waals surface area contributed by atoms with E-state index in [1.165, 1.54) is 23.1 Å². The molecule has 0 spiro atoms. The molecule has 0 aliphatic heterocycles. The fraction of sp³-hybridized carbons (Fsp3) is 0.115. The Morgan fingerprint density at radius 1 is 0.914 bits per heavy atom. The van der Waals surface area contributed by atoms with Gasteiger partial charge in [0.25, 0.3) is 0 Å². The zero-order valence-electron chi connectivity index (χ0n) is 18.8. The van der Waals surface area contributed by atoms with Crippen LogP contribution in [-0.4, -0.2) is 38.9 Å². The fourth-order valence-electron chi connectivity index (χ4n) is 3.46. The topological polar surface area (TPSA) is 89.9 Å². The van der Waals surface area contributed by atoms with Gasteiger partial charge in [0.2, 0.25) is 11.1 Å². The van der Waals surface area contributed by atoms with Gasteiger partial charge in [-0.15, -0.1) is 10.2 Å². The Kier molecular flexibility index (Phi) is 6.97. The van der Waals surface area contributed by atoms with Crippen molar-refractivity contribution in [1.82, 2.24) is 20.2 Å². The van der Waals surface area contributed by atoms with Crippen molar-refractivity contribution >= 4 is 44.4 Å². The molecule has 0 saturated heterocycles. The maximum Gasteiger partial charge on any atom is 0.226 e.